The summed E-state index contributed by atoms with van der Waals surface area (Å²) >= 11 is 5.93. The highest BCUT2D eigenvalue weighted by molar-refractivity contribution is 6.30. The molecule has 1 atom stereocenters. The van der Waals surface area contributed by atoms with Crippen LogP contribution in [0.4, 0.5) is 0 Å². The third-order valence-electron chi connectivity index (χ3n) is 2.90. The minimum atomic E-state index is 0.0420. The van der Waals surface area contributed by atoms with Gasteiger partial charge in [0.15, 0.2) is 11.5 Å². The maximum Gasteiger partial charge on any atom is 0.221 e. The third kappa shape index (κ3) is 2.86. The van der Waals surface area contributed by atoms with E-state index < -0.39 is 0 Å². The number of phenols is 1. The smallest absolute Gasteiger partial charge is 0.221 e. The molecule has 1 unspecified atom stereocenters. The number of nitrogens with one attached hydrogen (secondary N) is 2. The lowest BCUT2D eigenvalue weighted by Gasteiger charge is -2.13. The molecule has 1 aliphatic heterocycles. The van der Waals surface area contributed by atoms with Gasteiger partial charge in [0.25, 0.3) is 0 Å². The van der Waals surface area contributed by atoms with Crippen molar-refractivity contribution in [3.63, 3.8) is 0 Å². The molecule has 3 N–H and O–H groups in total. The highest BCUT2D eigenvalue weighted by Gasteiger charge is 2.21. The standard InChI is InChI=1S/C12H15ClN2O3/c1-18-10-3-8(13)2-7(12(10)17)5-14-9-4-11(16)15-6-9/h2-3,9,14,17H,4-6H2,1H3,(H,15,16). The lowest BCUT2D eigenvalue weighted by molar-refractivity contribution is -0.119. The van der Waals surface area contributed by atoms with Crippen LogP contribution in [0.5, 0.6) is 11.5 Å². The molecule has 0 aromatic heterocycles. The van der Waals surface area contributed by atoms with Gasteiger partial charge in [0, 0.05) is 42.2 Å². The summed E-state index contributed by atoms with van der Waals surface area (Å²) in [7, 11) is 1.47. The number of methoxy groups -OCH3 is 1. The molecule has 1 aromatic carbocycles. The van der Waals surface area contributed by atoms with Crippen LogP contribution >= 0.6 is 11.6 Å². The molecule has 0 saturated carbocycles. The van der Waals surface area contributed by atoms with Crippen molar-refractivity contribution in [3.05, 3.63) is 22.7 Å². The molecule has 1 amide bonds. The van der Waals surface area contributed by atoms with Gasteiger partial charge in [-0.05, 0) is 6.07 Å². The Morgan fingerprint density at radius 1 is 1.61 bits per heavy atom. The van der Waals surface area contributed by atoms with Gasteiger partial charge >= 0.3 is 0 Å². The Labute approximate surface area is 110 Å². The Balaban J connectivity index is 2.04. The Kier molecular flexibility index (Phi) is 3.93. The Bertz CT molecular complexity index is 465. The zero-order chi connectivity index (χ0) is 13.1. The van der Waals surface area contributed by atoms with Crippen molar-refractivity contribution in [2.24, 2.45) is 0 Å². The largest absolute Gasteiger partial charge is 0.504 e. The van der Waals surface area contributed by atoms with Crippen LogP contribution in [-0.4, -0.2) is 30.7 Å². The summed E-state index contributed by atoms with van der Waals surface area (Å²) in [6, 6.07) is 3.32. The second-order valence-electron chi connectivity index (χ2n) is 4.20. The quantitative estimate of drug-likeness (QED) is 0.764. The summed E-state index contributed by atoms with van der Waals surface area (Å²) in [5.41, 5.74) is 0.652. The molecule has 0 spiro atoms. The molecular weight excluding hydrogens is 256 g/mol. The van der Waals surface area contributed by atoms with Gasteiger partial charge in [-0.2, -0.15) is 0 Å². The van der Waals surface area contributed by atoms with Crippen LogP contribution in [-0.2, 0) is 11.3 Å². The van der Waals surface area contributed by atoms with Gasteiger partial charge in [0.05, 0.1) is 7.11 Å². The van der Waals surface area contributed by atoms with E-state index in [2.05, 4.69) is 10.6 Å². The van der Waals surface area contributed by atoms with Crippen molar-refractivity contribution < 1.29 is 14.6 Å². The fourth-order valence-electron chi connectivity index (χ4n) is 1.92. The van der Waals surface area contributed by atoms with Crippen LogP contribution in [0.2, 0.25) is 5.02 Å². The van der Waals surface area contributed by atoms with E-state index >= 15 is 0 Å². The first-order valence-electron chi connectivity index (χ1n) is 5.65. The number of aromatic hydroxyl groups is 1. The number of ether oxygens (including phenoxy) is 1. The predicted octanol–water partition coefficient (Wildman–Crippen LogP) is 1.03. The van der Waals surface area contributed by atoms with Crippen molar-refractivity contribution in [3.8, 4) is 11.5 Å². The number of phenolic OH excluding ortho intramolecular Hbond substituents is 1. The van der Waals surface area contributed by atoms with E-state index in [4.69, 9.17) is 16.3 Å². The Morgan fingerprint density at radius 3 is 3.00 bits per heavy atom. The number of amides is 1. The molecule has 5 nitrogen and oxygen atoms in total. The normalized spacial score (nSPS) is 18.8. The van der Waals surface area contributed by atoms with Gasteiger partial charge < -0.3 is 20.5 Å². The van der Waals surface area contributed by atoms with E-state index in [0.29, 0.717) is 35.8 Å². The lowest BCUT2D eigenvalue weighted by atomic mass is 10.1. The molecule has 0 bridgehead atoms. The first kappa shape index (κ1) is 13.0. The molecule has 1 aliphatic rings. The highest BCUT2D eigenvalue weighted by Crippen LogP contribution is 2.33. The van der Waals surface area contributed by atoms with Crippen LogP contribution in [0, 0.1) is 0 Å². The average Bonchev–Trinajstić information content (AvgIpc) is 2.75. The molecule has 18 heavy (non-hydrogen) atoms. The molecule has 1 aromatic rings. The molecule has 0 aliphatic carbocycles. The van der Waals surface area contributed by atoms with E-state index in [1.54, 1.807) is 12.1 Å². The van der Waals surface area contributed by atoms with E-state index in [0.717, 1.165) is 0 Å². The number of carbonyl (C=O) groups excluding carboxylic acids is 1. The highest BCUT2D eigenvalue weighted by atomic mass is 35.5. The lowest BCUT2D eigenvalue weighted by Crippen LogP contribution is -2.30. The van der Waals surface area contributed by atoms with Crippen molar-refractivity contribution >= 4 is 17.5 Å². The fourth-order valence-corrected chi connectivity index (χ4v) is 2.15. The number of hydrogen-bond acceptors (Lipinski definition) is 4. The number of rotatable bonds is 4. The zero-order valence-electron chi connectivity index (χ0n) is 10.00. The van der Waals surface area contributed by atoms with Crippen molar-refractivity contribution in [2.75, 3.05) is 13.7 Å². The van der Waals surface area contributed by atoms with Gasteiger partial charge in [0.2, 0.25) is 5.91 Å². The van der Waals surface area contributed by atoms with Crippen LogP contribution in [0.25, 0.3) is 0 Å². The van der Waals surface area contributed by atoms with Crippen LogP contribution < -0.4 is 15.4 Å². The van der Waals surface area contributed by atoms with Crippen molar-refractivity contribution in [1.82, 2.24) is 10.6 Å². The van der Waals surface area contributed by atoms with Crippen LogP contribution in [0.3, 0.4) is 0 Å². The molecule has 1 saturated heterocycles. The van der Waals surface area contributed by atoms with Crippen LogP contribution in [0.15, 0.2) is 12.1 Å². The first-order chi connectivity index (χ1) is 8.60. The molecule has 1 heterocycles. The molecule has 1 fully saturated rings. The van der Waals surface area contributed by atoms with Crippen molar-refractivity contribution in [2.45, 2.75) is 19.0 Å². The molecule has 0 radical (unpaired) electrons. The minimum absolute atomic E-state index is 0.0420. The van der Waals surface area contributed by atoms with Gasteiger partial charge in [-0.15, -0.1) is 0 Å². The van der Waals surface area contributed by atoms with Gasteiger partial charge in [-0.1, -0.05) is 11.6 Å². The van der Waals surface area contributed by atoms with Gasteiger partial charge in [0.1, 0.15) is 0 Å². The number of carbonyl (C=O) groups is 1. The second kappa shape index (κ2) is 5.46. The molecule has 2 rings (SSSR count). The van der Waals surface area contributed by atoms with E-state index in [9.17, 15) is 9.90 Å². The van der Waals surface area contributed by atoms with Crippen LogP contribution in [0.1, 0.15) is 12.0 Å². The van der Waals surface area contributed by atoms with E-state index in [1.807, 2.05) is 0 Å². The summed E-state index contributed by atoms with van der Waals surface area (Å²) in [5, 5.41) is 16.4. The van der Waals surface area contributed by atoms with Gasteiger partial charge in [-0.3, -0.25) is 4.79 Å². The SMILES string of the molecule is COc1cc(Cl)cc(CNC2CNC(=O)C2)c1O. The molecule has 98 valence electrons. The topological polar surface area (TPSA) is 70.6 Å². The maximum atomic E-state index is 11.0. The number of benzene rings is 1. The number of halogens is 1. The van der Waals surface area contributed by atoms with Gasteiger partial charge in [-0.25, -0.2) is 0 Å². The monoisotopic (exact) mass is 270 g/mol. The number of hydrogen-bond donors (Lipinski definition) is 3. The Hall–Kier alpha value is -1.46. The minimum Gasteiger partial charge on any atom is -0.504 e. The summed E-state index contributed by atoms with van der Waals surface area (Å²) in [5.74, 6) is 0.465. The predicted molar refractivity (Wildman–Crippen MR) is 67.9 cm³/mol. The summed E-state index contributed by atoms with van der Waals surface area (Å²) < 4.78 is 5.03. The molecular formula is C12H15ClN2O3. The Morgan fingerprint density at radius 2 is 2.39 bits per heavy atom. The zero-order valence-corrected chi connectivity index (χ0v) is 10.8. The second-order valence-corrected chi connectivity index (χ2v) is 4.64. The summed E-state index contributed by atoms with van der Waals surface area (Å²) in [6.45, 7) is 1.04. The van der Waals surface area contributed by atoms with E-state index in [1.165, 1.54) is 7.11 Å². The maximum absolute atomic E-state index is 11.0. The summed E-state index contributed by atoms with van der Waals surface area (Å²) in [6.07, 6.45) is 0.457. The third-order valence-corrected chi connectivity index (χ3v) is 3.12. The van der Waals surface area contributed by atoms with Crippen molar-refractivity contribution in [1.29, 1.82) is 0 Å². The molecule has 6 heteroatoms. The first-order valence-corrected chi connectivity index (χ1v) is 6.03. The summed E-state index contributed by atoms with van der Waals surface area (Å²) in [4.78, 5) is 11.0. The average molecular weight is 271 g/mol. The van der Waals surface area contributed by atoms with E-state index in [-0.39, 0.29) is 17.7 Å². The fraction of sp³-hybridized carbons (Fsp3) is 0.417.